The van der Waals surface area contributed by atoms with Crippen LogP contribution in [-0.4, -0.2) is 29.1 Å². The summed E-state index contributed by atoms with van der Waals surface area (Å²) in [6.07, 6.45) is 0. The molecule has 0 saturated heterocycles. The van der Waals surface area contributed by atoms with Crippen LogP contribution in [0.4, 0.5) is 0 Å². The number of fused-ring (bicyclic) bond motifs is 12. The molecule has 0 aliphatic rings. The molecule has 0 N–H and O–H groups in total. The van der Waals surface area contributed by atoms with Gasteiger partial charge >= 0.3 is 0 Å². The topological polar surface area (TPSA) is 61.4 Å². The Bertz CT molecular complexity index is 6470. The number of thiophene rings is 2. The quantitative estimate of drug-likeness (QED) is 0.137. The molecule has 0 bridgehead atoms. The third-order valence-electron chi connectivity index (χ3n) is 19.3. The molecular weight excluding hydrogens is 1250 g/mol. The molecule has 100 heavy (non-hydrogen) atoms. The van der Waals surface area contributed by atoms with Crippen LogP contribution < -0.4 is 0 Å². The fourth-order valence-corrected chi connectivity index (χ4v) is 17.0. The minimum Gasteiger partial charge on any atom is -0.309 e. The number of rotatable bonds is 10. The first kappa shape index (κ1) is 58.6. The summed E-state index contributed by atoms with van der Waals surface area (Å²) in [5, 5.41) is 7.37. The number of para-hydroxylation sites is 5. The van der Waals surface area contributed by atoms with Gasteiger partial charge in [0, 0.05) is 80.9 Å². The molecule has 0 spiro atoms. The second-order valence-corrected chi connectivity index (χ2v) is 27.2. The fraction of sp³-hybridized carbons (Fsp3) is 0. The lowest BCUT2D eigenvalue weighted by atomic mass is 9.96. The van der Waals surface area contributed by atoms with Gasteiger partial charge in [0.2, 0.25) is 0 Å². The predicted octanol–water partition coefficient (Wildman–Crippen LogP) is 25.2. The first-order valence-electron chi connectivity index (χ1n) is 33.7. The van der Waals surface area contributed by atoms with Crippen molar-refractivity contribution in [3.05, 3.63) is 352 Å². The zero-order valence-electron chi connectivity index (χ0n) is 54.0. The average Bonchev–Trinajstić information content (AvgIpc) is 1.59. The second-order valence-electron chi connectivity index (χ2n) is 25.1. The molecule has 0 amide bonds. The van der Waals surface area contributed by atoms with Crippen LogP contribution in [0, 0.1) is 0 Å². The van der Waals surface area contributed by atoms with Gasteiger partial charge in [-0.25, -0.2) is 19.9 Å². The fourth-order valence-electron chi connectivity index (χ4n) is 14.6. The summed E-state index contributed by atoms with van der Waals surface area (Å²) in [4.78, 5) is 20.8. The molecule has 0 aliphatic carbocycles. The van der Waals surface area contributed by atoms with Crippen molar-refractivity contribution in [2.24, 2.45) is 0 Å². The van der Waals surface area contributed by atoms with E-state index in [9.17, 15) is 0 Å². The number of nitrogens with zero attached hydrogens (tertiary/aromatic N) is 6. The first-order chi connectivity index (χ1) is 49.6. The molecule has 8 heteroatoms. The Morgan fingerprint density at radius 2 is 0.590 bits per heavy atom. The molecule has 20 aromatic rings. The van der Waals surface area contributed by atoms with E-state index in [1.807, 2.05) is 42.5 Å². The van der Waals surface area contributed by atoms with Crippen LogP contribution in [0.15, 0.2) is 352 Å². The minimum atomic E-state index is 0.740. The Morgan fingerprint density at radius 1 is 0.230 bits per heavy atom. The van der Waals surface area contributed by atoms with Crippen LogP contribution >= 0.6 is 22.7 Å². The molecule has 20 rings (SSSR count). The Hall–Kier alpha value is -12.7. The van der Waals surface area contributed by atoms with Crippen LogP contribution in [0.5, 0.6) is 0 Å². The van der Waals surface area contributed by atoms with Crippen LogP contribution in [0.3, 0.4) is 0 Å². The van der Waals surface area contributed by atoms with Crippen molar-refractivity contribution in [3.63, 3.8) is 0 Å². The Morgan fingerprint density at radius 3 is 1.09 bits per heavy atom. The minimum absolute atomic E-state index is 0.740. The monoisotopic (exact) mass is 1310 g/mol. The van der Waals surface area contributed by atoms with E-state index in [1.165, 1.54) is 103 Å². The SMILES string of the molecule is c1ccc(-c2nc(-c3ccccc3)c3sc4cccc(-c5ccc(-c6ccc7c8ccccc8n(-c8ccccc8)c7c6)cc5)c4c3n2)cc1.c1ccc(-c2nc(-c3ccccc3)c3sc4cccc(-c5ccc(-c6cccc7c8ccccc8n(-c8ccccc8)c67)cc5)c4c3n2)cc1. The van der Waals surface area contributed by atoms with E-state index in [1.54, 1.807) is 22.7 Å². The highest BCUT2D eigenvalue weighted by molar-refractivity contribution is 7.26. The van der Waals surface area contributed by atoms with Crippen molar-refractivity contribution < 1.29 is 0 Å². The molecule has 0 unspecified atom stereocenters. The largest absolute Gasteiger partial charge is 0.309 e. The lowest BCUT2D eigenvalue weighted by Gasteiger charge is -2.12. The highest BCUT2D eigenvalue weighted by Gasteiger charge is 2.23. The average molecular weight is 1310 g/mol. The van der Waals surface area contributed by atoms with E-state index in [4.69, 9.17) is 19.9 Å². The molecule has 0 aliphatic heterocycles. The molecule has 0 fully saturated rings. The van der Waals surface area contributed by atoms with E-state index in [0.29, 0.717) is 0 Å². The summed E-state index contributed by atoms with van der Waals surface area (Å²) in [6, 6.07) is 125. The van der Waals surface area contributed by atoms with Gasteiger partial charge in [0.1, 0.15) is 0 Å². The molecule has 6 nitrogen and oxygen atoms in total. The summed E-state index contributed by atoms with van der Waals surface area (Å²) in [7, 11) is 0. The zero-order chi connectivity index (χ0) is 66.0. The van der Waals surface area contributed by atoms with Crippen LogP contribution in [0.1, 0.15) is 0 Å². The highest BCUT2D eigenvalue weighted by Crippen LogP contribution is 2.47. The third-order valence-corrected chi connectivity index (χ3v) is 21.6. The highest BCUT2D eigenvalue weighted by atomic mass is 32.1. The van der Waals surface area contributed by atoms with Crippen LogP contribution in [0.2, 0.25) is 0 Å². The molecule has 0 atom stereocenters. The molecular formula is C92H58N6S2. The second kappa shape index (κ2) is 24.7. The van der Waals surface area contributed by atoms with Gasteiger partial charge in [-0.3, -0.25) is 0 Å². The molecule has 6 aromatic heterocycles. The molecule has 0 saturated carbocycles. The van der Waals surface area contributed by atoms with Gasteiger partial charge in [0.15, 0.2) is 11.6 Å². The summed E-state index contributed by atoms with van der Waals surface area (Å²) >= 11 is 3.54. The maximum atomic E-state index is 5.26. The van der Waals surface area contributed by atoms with Crippen molar-refractivity contribution in [1.82, 2.24) is 29.1 Å². The maximum Gasteiger partial charge on any atom is 0.160 e. The van der Waals surface area contributed by atoms with Gasteiger partial charge in [-0.05, 0) is 93.5 Å². The van der Waals surface area contributed by atoms with Crippen LogP contribution in [-0.2, 0) is 0 Å². The molecule has 14 aromatic carbocycles. The predicted molar refractivity (Wildman–Crippen MR) is 422 cm³/mol. The van der Waals surface area contributed by atoms with Gasteiger partial charge in [-0.1, -0.05) is 297 Å². The molecule has 0 radical (unpaired) electrons. The van der Waals surface area contributed by atoms with E-state index >= 15 is 0 Å². The third kappa shape index (κ3) is 10.2. The first-order valence-corrected chi connectivity index (χ1v) is 35.3. The molecule has 6 heterocycles. The Balaban J connectivity index is 0.000000139. The van der Waals surface area contributed by atoms with E-state index < -0.39 is 0 Å². The molecule has 468 valence electrons. The van der Waals surface area contributed by atoms with E-state index in [-0.39, 0.29) is 0 Å². The lowest BCUT2D eigenvalue weighted by Crippen LogP contribution is -1.95. The van der Waals surface area contributed by atoms with Gasteiger partial charge in [0.25, 0.3) is 0 Å². The smallest absolute Gasteiger partial charge is 0.160 e. The van der Waals surface area contributed by atoms with Crippen molar-refractivity contribution in [1.29, 1.82) is 0 Å². The number of aromatic nitrogens is 6. The lowest BCUT2D eigenvalue weighted by molar-refractivity contribution is 1.18. The van der Waals surface area contributed by atoms with Crippen molar-refractivity contribution in [3.8, 4) is 101 Å². The van der Waals surface area contributed by atoms with Gasteiger partial charge < -0.3 is 9.13 Å². The normalized spacial score (nSPS) is 11.6. The maximum absolute atomic E-state index is 5.26. The standard InChI is InChI=1S/2C46H29N3S/c1-4-14-32(15-5-1)42-45-43(48-46(47-42)33-16-6-2-7-17-33)41-35(21-13-25-40(41)50-45)30-26-28-31(29-27-30)36-22-12-23-38-37-20-10-11-24-39(37)49(44(36)38)34-18-8-3-9-19-34;1-4-13-32(14-5-1)43-45-44(48-46(47-43)33-15-6-2-7-16-33)42-36(20-12-22-41(42)50-45)31-25-23-30(24-26-31)34-27-28-38-37-19-10-11-21-39(37)49(40(38)29-34)35-17-8-3-9-18-35/h2*1-29H. The zero-order valence-corrected chi connectivity index (χ0v) is 55.6. The number of benzene rings is 14. The van der Waals surface area contributed by atoms with E-state index in [2.05, 4.69) is 319 Å². The summed E-state index contributed by atoms with van der Waals surface area (Å²) in [5.74, 6) is 1.48. The van der Waals surface area contributed by atoms with Crippen molar-refractivity contribution in [2.45, 2.75) is 0 Å². The van der Waals surface area contributed by atoms with Crippen molar-refractivity contribution in [2.75, 3.05) is 0 Å². The number of hydrogen-bond donors (Lipinski definition) is 0. The van der Waals surface area contributed by atoms with Crippen LogP contribution in [0.25, 0.3) is 185 Å². The summed E-state index contributed by atoms with van der Waals surface area (Å²) in [6.45, 7) is 0. The number of hydrogen-bond acceptors (Lipinski definition) is 6. The Labute approximate surface area is 585 Å². The van der Waals surface area contributed by atoms with Gasteiger partial charge in [-0.15, -0.1) is 22.7 Å². The van der Waals surface area contributed by atoms with E-state index in [0.717, 1.165) is 82.7 Å². The summed E-state index contributed by atoms with van der Waals surface area (Å²) < 4.78 is 9.40. The van der Waals surface area contributed by atoms with Gasteiger partial charge in [-0.2, -0.15) is 0 Å². The van der Waals surface area contributed by atoms with Crippen molar-refractivity contribution >= 4 is 107 Å². The van der Waals surface area contributed by atoms with Gasteiger partial charge in [0.05, 0.1) is 53.9 Å². The summed E-state index contributed by atoms with van der Waals surface area (Å²) in [5.41, 5.74) is 24.8. The Kier molecular flexibility index (Phi) is 14.5.